The highest BCUT2D eigenvalue weighted by Crippen LogP contribution is 2.46. The van der Waals surface area contributed by atoms with Gasteiger partial charge in [-0.15, -0.1) is 0 Å². The van der Waals surface area contributed by atoms with Crippen LogP contribution in [0.4, 0.5) is 0 Å². The first-order chi connectivity index (χ1) is 15.1. The average molecular weight is 451 g/mol. The number of hydrogen-bond acceptors (Lipinski definition) is 2. The third-order valence-electron chi connectivity index (χ3n) is 6.68. The Morgan fingerprint density at radius 1 is 0.871 bits per heavy atom. The van der Waals surface area contributed by atoms with Crippen molar-refractivity contribution in [3.8, 4) is 16.9 Å². The van der Waals surface area contributed by atoms with Gasteiger partial charge in [-0.25, -0.2) is 0 Å². The van der Waals surface area contributed by atoms with Crippen LogP contribution in [-0.2, 0) is 13.0 Å². The maximum Gasteiger partial charge on any atom is 0.168 e. The van der Waals surface area contributed by atoms with E-state index in [1.165, 1.54) is 18.4 Å². The second kappa shape index (κ2) is 8.68. The van der Waals surface area contributed by atoms with Gasteiger partial charge in [0.2, 0.25) is 0 Å². The molecule has 2 aliphatic carbocycles. The Bertz CT molecular complexity index is 1120. The van der Waals surface area contributed by atoms with Gasteiger partial charge in [0.05, 0.1) is 5.02 Å². The van der Waals surface area contributed by atoms with Crippen molar-refractivity contribution < 1.29 is 9.53 Å². The van der Waals surface area contributed by atoms with Crippen molar-refractivity contribution in [3.05, 3.63) is 87.4 Å². The first-order valence-electron chi connectivity index (χ1n) is 10.9. The van der Waals surface area contributed by atoms with Crippen molar-refractivity contribution in [2.75, 3.05) is 0 Å². The number of halogens is 2. The minimum atomic E-state index is 0.0453. The molecule has 2 nitrogen and oxygen atoms in total. The van der Waals surface area contributed by atoms with Crippen LogP contribution in [0.15, 0.2) is 60.7 Å². The second-order valence-corrected chi connectivity index (χ2v) is 9.37. The quantitative estimate of drug-likeness (QED) is 0.396. The molecule has 0 aliphatic heterocycles. The van der Waals surface area contributed by atoms with Crippen LogP contribution in [0, 0.1) is 11.8 Å². The van der Waals surface area contributed by atoms with Crippen molar-refractivity contribution in [3.63, 3.8) is 0 Å². The zero-order valence-corrected chi connectivity index (χ0v) is 18.8. The third-order valence-corrected chi connectivity index (χ3v) is 7.53. The van der Waals surface area contributed by atoms with Gasteiger partial charge in [0, 0.05) is 11.5 Å². The Morgan fingerprint density at radius 2 is 1.61 bits per heavy atom. The summed E-state index contributed by atoms with van der Waals surface area (Å²) in [6.45, 7) is 0.384. The Balaban J connectivity index is 1.36. The van der Waals surface area contributed by atoms with Crippen LogP contribution in [0.3, 0.4) is 0 Å². The number of benzene rings is 3. The molecule has 0 heterocycles. The summed E-state index contributed by atoms with van der Waals surface area (Å²) in [5.74, 6) is 1.23. The van der Waals surface area contributed by atoms with E-state index < -0.39 is 0 Å². The summed E-state index contributed by atoms with van der Waals surface area (Å²) in [5, 5.41) is 0.678. The van der Waals surface area contributed by atoms with Crippen molar-refractivity contribution >= 4 is 29.0 Å². The Morgan fingerprint density at radius 3 is 2.39 bits per heavy atom. The molecule has 1 saturated carbocycles. The Labute approximate surface area is 193 Å². The highest BCUT2D eigenvalue weighted by Gasteiger charge is 2.39. The van der Waals surface area contributed by atoms with Crippen LogP contribution < -0.4 is 4.74 Å². The van der Waals surface area contributed by atoms with E-state index in [0.29, 0.717) is 33.9 Å². The van der Waals surface area contributed by atoms with Gasteiger partial charge < -0.3 is 4.74 Å². The van der Waals surface area contributed by atoms with E-state index in [4.69, 9.17) is 27.9 Å². The Kier molecular flexibility index (Phi) is 5.77. The molecule has 158 valence electrons. The van der Waals surface area contributed by atoms with Gasteiger partial charge in [0.15, 0.2) is 5.78 Å². The number of rotatable bonds is 5. The molecule has 0 aromatic heterocycles. The minimum absolute atomic E-state index is 0.0453. The highest BCUT2D eigenvalue weighted by atomic mass is 35.5. The molecular formula is C27H24Cl2O2. The summed E-state index contributed by atoms with van der Waals surface area (Å²) in [6.07, 6.45) is 5.45. The lowest BCUT2D eigenvalue weighted by Crippen LogP contribution is -2.18. The summed E-state index contributed by atoms with van der Waals surface area (Å²) in [4.78, 5) is 13.0. The summed E-state index contributed by atoms with van der Waals surface area (Å²) in [5.41, 5.74) is 4.95. The molecule has 0 amide bonds. The van der Waals surface area contributed by atoms with Crippen LogP contribution in [0.5, 0.6) is 5.75 Å². The molecule has 1 atom stereocenters. The van der Waals surface area contributed by atoms with Crippen LogP contribution in [0.2, 0.25) is 10.0 Å². The van der Waals surface area contributed by atoms with E-state index in [0.717, 1.165) is 36.0 Å². The zero-order valence-electron chi connectivity index (χ0n) is 17.2. The van der Waals surface area contributed by atoms with Crippen molar-refractivity contribution in [1.82, 2.24) is 0 Å². The first kappa shape index (κ1) is 20.6. The molecular weight excluding hydrogens is 427 g/mol. The predicted molar refractivity (Wildman–Crippen MR) is 126 cm³/mol. The van der Waals surface area contributed by atoms with E-state index in [1.54, 1.807) is 0 Å². The van der Waals surface area contributed by atoms with Crippen LogP contribution in [0.1, 0.15) is 47.2 Å². The van der Waals surface area contributed by atoms with Crippen LogP contribution in [-0.4, -0.2) is 5.78 Å². The van der Waals surface area contributed by atoms with Gasteiger partial charge in [0.25, 0.3) is 0 Å². The first-order valence-corrected chi connectivity index (χ1v) is 11.7. The largest absolute Gasteiger partial charge is 0.487 e. The summed E-state index contributed by atoms with van der Waals surface area (Å²) < 4.78 is 6.09. The fourth-order valence-corrected chi connectivity index (χ4v) is 5.58. The van der Waals surface area contributed by atoms with Crippen LogP contribution in [0.25, 0.3) is 11.1 Å². The van der Waals surface area contributed by atoms with E-state index in [2.05, 4.69) is 24.3 Å². The highest BCUT2D eigenvalue weighted by molar-refractivity contribution is 6.45. The summed E-state index contributed by atoms with van der Waals surface area (Å²) in [7, 11) is 0. The number of ketones is 1. The van der Waals surface area contributed by atoms with Gasteiger partial charge in [0.1, 0.15) is 17.4 Å². The lowest BCUT2D eigenvalue weighted by molar-refractivity contribution is 0.0894. The molecule has 0 N–H and O–H groups in total. The smallest absolute Gasteiger partial charge is 0.168 e. The molecule has 0 saturated heterocycles. The molecule has 0 spiro atoms. The molecule has 1 fully saturated rings. The van der Waals surface area contributed by atoms with Crippen molar-refractivity contribution in [2.45, 2.75) is 38.7 Å². The van der Waals surface area contributed by atoms with E-state index in [9.17, 15) is 4.79 Å². The minimum Gasteiger partial charge on any atom is -0.487 e. The normalized spacial score (nSPS) is 18.4. The standard InChI is InChI=1S/C27H24Cl2O2/c28-25-23(31-16-17-7-6-12-20(13-17)18-8-2-1-3-9-18)15-21-14-22(19-10-4-5-11-19)27(30)24(21)26(25)29/h1-3,6-9,12-13,15,19,22H,4-5,10-11,14,16H2. The zero-order chi connectivity index (χ0) is 21.4. The number of carbonyl (C=O) groups is 1. The van der Waals surface area contributed by atoms with Gasteiger partial charge in [-0.05, 0) is 59.6 Å². The number of Topliss-reactive ketones (excluding diaryl/α,β-unsaturated/α-hetero) is 1. The molecule has 5 rings (SSSR count). The number of fused-ring (bicyclic) bond motifs is 1. The number of ether oxygens (including phenoxy) is 1. The molecule has 2 aliphatic rings. The molecule has 1 unspecified atom stereocenters. The maximum atomic E-state index is 13.0. The van der Waals surface area contributed by atoms with Gasteiger partial charge in [-0.3, -0.25) is 4.79 Å². The summed E-state index contributed by atoms with van der Waals surface area (Å²) in [6, 6.07) is 20.5. The van der Waals surface area contributed by atoms with Crippen LogP contribution >= 0.6 is 23.2 Å². The second-order valence-electron chi connectivity index (χ2n) is 8.61. The van der Waals surface area contributed by atoms with Gasteiger partial charge >= 0.3 is 0 Å². The average Bonchev–Trinajstić information content (AvgIpc) is 3.44. The van der Waals surface area contributed by atoms with E-state index in [-0.39, 0.29) is 11.7 Å². The number of hydrogen-bond donors (Lipinski definition) is 0. The maximum absolute atomic E-state index is 13.0. The van der Waals surface area contributed by atoms with Gasteiger partial charge in [-0.1, -0.05) is 84.6 Å². The Hall–Kier alpha value is -2.29. The monoisotopic (exact) mass is 450 g/mol. The van der Waals surface area contributed by atoms with E-state index >= 15 is 0 Å². The van der Waals surface area contributed by atoms with Crippen molar-refractivity contribution in [1.29, 1.82) is 0 Å². The summed E-state index contributed by atoms with van der Waals surface area (Å²) >= 11 is 13.1. The fraction of sp³-hybridized carbons (Fsp3) is 0.296. The topological polar surface area (TPSA) is 26.3 Å². The molecule has 0 radical (unpaired) electrons. The van der Waals surface area contributed by atoms with E-state index in [1.807, 2.05) is 36.4 Å². The lowest BCUT2D eigenvalue weighted by Gasteiger charge is -2.15. The SMILES string of the molecule is O=C1c2c(cc(OCc3cccc(-c4ccccc4)c3)c(Cl)c2Cl)CC1C1CCCC1. The molecule has 0 bridgehead atoms. The van der Waals surface area contributed by atoms with Crippen molar-refractivity contribution in [2.24, 2.45) is 11.8 Å². The molecule has 31 heavy (non-hydrogen) atoms. The third kappa shape index (κ3) is 4.00. The number of carbonyl (C=O) groups excluding carboxylic acids is 1. The fourth-order valence-electron chi connectivity index (χ4n) is 5.07. The molecule has 4 heteroatoms. The van der Waals surface area contributed by atoms with Gasteiger partial charge in [-0.2, -0.15) is 0 Å². The molecule has 3 aromatic rings. The lowest BCUT2D eigenvalue weighted by atomic mass is 9.88. The molecule has 3 aromatic carbocycles. The predicted octanol–water partition coefficient (Wildman–Crippen LogP) is 7.78.